The third-order valence-electron chi connectivity index (χ3n) is 6.18. The molecule has 3 rings (SSSR count). The first kappa shape index (κ1) is 13.4. The first-order valence-corrected chi connectivity index (χ1v) is 7.47. The third kappa shape index (κ3) is 1.91. The highest BCUT2D eigenvalue weighted by molar-refractivity contribution is 5.76. The van der Waals surface area contributed by atoms with Crippen LogP contribution in [0.25, 0.3) is 0 Å². The molecule has 0 amide bonds. The van der Waals surface area contributed by atoms with Crippen LogP contribution in [0.5, 0.6) is 0 Å². The predicted octanol–water partition coefficient (Wildman–Crippen LogP) is 1.73. The molecule has 4 heteroatoms. The minimum Gasteiger partial charge on any atom is -0.461 e. The second kappa shape index (κ2) is 4.45. The van der Waals surface area contributed by atoms with Crippen LogP contribution in [-0.4, -0.2) is 37.9 Å². The summed E-state index contributed by atoms with van der Waals surface area (Å²) < 4.78 is 11.2. The molecule has 108 valence electrons. The van der Waals surface area contributed by atoms with Gasteiger partial charge in [-0.25, -0.2) is 0 Å². The minimum absolute atomic E-state index is 0.0810. The average Bonchev–Trinajstić information content (AvgIpc) is 2.73. The quantitative estimate of drug-likeness (QED) is 0.774. The number of hydrogen-bond acceptors (Lipinski definition) is 4. The highest BCUT2D eigenvalue weighted by atomic mass is 16.6. The zero-order valence-electron chi connectivity index (χ0n) is 12.2. The summed E-state index contributed by atoms with van der Waals surface area (Å²) in [5.74, 6) is 0.570. The Morgan fingerprint density at radius 3 is 2.68 bits per heavy atom. The van der Waals surface area contributed by atoms with Crippen molar-refractivity contribution in [1.82, 2.24) is 5.32 Å². The van der Waals surface area contributed by atoms with Gasteiger partial charge in [-0.1, -0.05) is 20.8 Å². The summed E-state index contributed by atoms with van der Waals surface area (Å²) in [6, 6.07) is -0.278. The van der Waals surface area contributed by atoms with Crippen molar-refractivity contribution >= 4 is 5.97 Å². The molecule has 0 aromatic rings. The lowest BCUT2D eigenvalue weighted by Crippen LogP contribution is -2.49. The molecule has 2 bridgehead atoms. The lowest BCUT2D eigenvalue weighted by Gasteiger charge is -2.39. The molecule has 0 spiro atoms. The van der Waals surface area contributed by atoms with Gasteiger partial charge in [-0.15, -0.1) is 0 Å². The highest BCUT2D eigenvalue weighted by Crippen LogP contribution is 2.66. The second-order valence-electron chi connectivity index (χ2n) is 7.12. The smallest absolute Gasteiger partial charge is 0.325 e. The van der Waals surface area contributed by atoms with E-state index in [1.165, 1.54) is 12.8 Å². The monoisotopic (exact) mass is 267 g/mol. The molecule has 4 unspecified atom stereocenters. The van der Waals surface area contributed by atoms with E-state index in [9.17, 15) is 4.79 Å². The van der Waals surface area contributed by atoms with E-state index in [0.717, 1.165) is 13.0 Å². The van der Waals surface area contributed by atoms with Crippen molar-refractivity contribution in [1.29, 1.82) is 0 Å². The average molecular weight is 267 g/mol. The van der Waals surface area contributed by atoms with Gasteiger partial charge in [0.05, 0.1) is 13.2 Å². The fourth-order valence-electron chi connectivity index (χ4n) is 4.25. The molecule has 2 saturated carbocycles. The van der Waals surface area contributed by atoms with E-state index in [4.69, 9.17) is 9.47 Å². The van der Waals surface area contributed by atoms with E-state index in [-0.39, 0.29) is 28.9 Å². The van der Waals surface area contributed by atoms with Gasteiger partial charge in [-0.05, 0) is 30.6 Å². The first-order chi connectivity index (χ1) is 8.95. The molecular formula is C15H25NO3. The molecule has 1 saturated heterocycles. The Hall–Kier alpha value is -0.610. The van der Waals surface area contributed by atoms with E-state index in [0.29, 0.717) is 19.1 Å². The van der Waals surface area contributed by atoms with Gasteiger partial charge in [0.2, 0.25) is 0 Å². The van der Waals surface area contributed by atoms with Gasteiger partial charge in [0.1, 0.15) is 12.1 Å². The molecule has 1 N–H and O–H groups in total. The van der Waals surface area contributed by atoms with Gasteiger partial charge in [0.25, 0.3) is 0 Å². The maximum Gasteiger partial charge on any atom is 0.325 e. The van der Waals surface area contributed by atoms with Gasteiger partial charge in [0.15, 0.2) is 0 Å². The van der Waals surface area contributed by atoms with E-state index in [2.05, 4.69) is 26.1 Å². The van der Waals surface area contributed by atoms with Crippen molar-refractivity contribution in [2.24, 2.45) is 16.7 Å². The van der Waals surface area contributed by atoms with E-state index < -0.39 is 0 Å². The minimum atomic E-state index is -0.278. The lowest BCUT2D eigenvalue weighted by molar-refractivity contribution is -0.162. The maximum absolute atomic E-state index is 12.2. The SMILES string of the molecule is CC1(C)C2CCC1(C)C(OC(=O)C1COCCN1)C2. The Morgan fingerprint density at radius 2 is 2.16 bits per heavy atom. The van der Waals surface area contributed by atoms with E-state index in [1.807, 2.05) is 0 Å². The molecule has 19 heavy (non-hydrogen) atoms. The number of rotatable bonds is 2. The van der Waals surface area contributed by atoms with E-state index >= 15 is 0 Å². The topological polar surface area (TPSA) is 47.6 Å². The van der Waals surface area contributed by atoms with Crippen molar-refractivity contribution in [2.45, 2.75) is 52.2 Å². The summed E-state index contributed by atoms with van der Waals surface area (Å²) in [6.45, 7) is 8.81. The molecule has 2 aliphatic carbocycles. The summed E-state index contributed by atoms with van der Waals surface area (Å²) in [5, 5.41) is 3.17. The Kier molecular flexibility index (Phi) is 3.13. The van der Waals surface area contributed by atoms with E-state index in [1.54, 1.807) is 0 Å². The van der Waals surface area contributed by atoms with Crippen molar-refractivity contribution in [2.75, 3.05) is 19.8 Å². The van der Waals surface area contributed by atoms with Crippen LogP contribution in [0, 0.1) is 16.7 Å². The predicted molar refractivity (Wildman–Crippen MR) is 71.7 cm³/mol. The number of ether oxygens (including phenoxy) is 2. The second-order valence-corrected chi connectivity index (χ2v) is 7.12. The Labute approximate surface area is 115 Å². The van der Waals surface area contributed by atoms with Crippen LogP contribution in [-0.2, 0) is 14.3 Å². The fourth-order valence-corrected chi connectivity index (χ4v) is 4.25. The molecular weight excluding hydrogens is 242 g/mol. The molecule has 1 aliphatic heterocycles. The molecule has 4 nitrogen and oxygen atoms in total. The molecule has 3 fully saturated rings. The van der Waals surface area contributed by atoms with Crippen LogP contribution < -0.4 is 5.32 Å². The fraction of sp³-hybridized carbons (Fsp3) is 0.933. The first-order valence-electron chi connectivity index (χ1n) is 7.47. The summed E-state index contributed by atoms with van der Waals surface area (Å²) in [5.41, 5.74) is 0.428. The molecule has 0 radical (unpaired) electrons. The van der Waals surface area contributed by atoms with Crippen molar-refractivity contribution in [3.8, 4) is 0 Å². The summed E-state index contributed by atoms with van der Waals surface area (Å²) in [4.78, 5) is 12.2. The normalized spacial score (nSPS) is 44.3. The molecule has 3 aliphatic rings. The summed E-state index contributed by atoms with van der Waals surface area (Å²) in [7, 11) is 0. The molecule has 0 aromatic carbocycles. The molecule has 0 aromatic heterocycles. The number of hydrogen-bond donors (Lipinski definition) is 1. The van der Waals surface area contributed by atoms with Crippen LogP contribution in [0.3, 0.4) is 0 Å². The molecule has 4 atom stereocenters. The third-order valence-corrected chi connectivity index (χ3v) is 6.18. The van der Waals surface area contributed by atoms with Crippen LogP contribution in [0.2, 0.25) is 0 Å². The number of esters is 1. The highest BCUT2D eigenvalue weighted by Gasteiger charge is 2.63. The van der Waals surface area contributed by atoms with Gasteiger partial charge >= 0.3 is 5.97 Å². The summed E-state index contributed by atoms with van der Waals surface area (Å²) >= 11 is 0. The van der Waals surface area contributed by atoms with Crippen molar-refractivity contribution < 1.29 is 14.3 Å². The Bertz CT molecular complexity index is 376. The largest absolute Gasteiger partial charge is 0.461 e. The zero-order valence-corrected chi connectivity index (χ0v) is 12.2. The number of nitrogens with one attached hydrogen (secondary N) is 1. The van der Waals surface area contributed by atoms with Gasteiger partial charge in [0, 0.05) is 12.0 Å². The number of carbonyl (C=O) groups excluding carboxylic acids is 1. The van der Waals surface area contributed by atoms with Crippen LogP contribution in [0.1, 0.15) is 40.0 Å². The Balaban J connectivity index is 1.66. The zero-order chi connectivity index (χ0) is 13.7. The van der Waals surface area contributed by atoms with Crippen LogP contribution in [0.4, 0.5) is 0 Å². The standard InChI is InChI=1S/C15H25NO3/c1-14(2)10-4-5-15(14,3)12(8-10)19-13(17)11-9-18-7-6-16-11/h10-12,16H,4-9H2,1-3H3. The Morgan fingerprint density at radius 1 is 1.37 bits per heavy atom. The van der Waals surface area contributed by atoms with Gasteiger partial charge < -0.3 is 14.8 Å². The van der Waals surface area contributed by atoms with Gasteiger partial charge in [-0.2, -0.15) is 0 Å². The number of carbonyl (C=O) groups is 1. The summed E-state index contributed by atoms with van der Waals surface area (Å²) in [6.07, 6.45) is 3.57. The van der Waals surface area contributed by atoms with Crippen LogP contribution in [0.15, 0.2) is 0 Å². The number of morpholine rings is 1. The molecule has 1 heterocycles. The van der Waals surface area contributed by atoms with Crippen molar-refractivity contribution in [3.05, 3.63) is 0 Å². The van der Waals surface area contributed by atoms with Crippen LogP contribution >= 0.6 is 0 Å². The number of fused-ring (bicyclic) bond motifs is 2. The van der Waals surface area contributed by atoms with Gasteiger partial charge in [-0.3, -0.25) is 4.79 Å². The maximum atomic E-state index is 12.2. The van der Waals surface area contributed by atoms with Crippen molar-refractivity contribution in [3.63, 3.8) is 0 Å². The lowest BCUT2D eigenvalue weighted by atomic mass is 9.70.